The van der Waals surface area contributed by atoms with E-state index >= 15 is 0 Å². The lowest BCUT2D eigenvalue weighted by Crippen LogP contribution is -2.45. The van der Waals surface area contributed by atoms with Gasteiger partial charge in [0.1, 0.15) is 17.8 Å². The lowest BCUT2D eigenvalue weighted by atomic mass is 10.1. The van der Waals surface area contributed by atoms with Gasteiger partial charge in [-0.2, -0.15) is 15.6 Å². The van der Waals surface area contributed by atoms with Crippen LogP contribution in [0.3, 0.4) is 0 Å². The number of nitro groups is 1. The molecule has 146 valence electrons. The van der Waals surface area contributed by atoms with E-state index in [0.29, 0.717) is 0 Å². The van der Waals surface area contributed by atoms with E-state index in [-0.39, 0.29) is 11.4 Å². The number of nitrogens with zero attached hydrogens (tertiary/aromatic N) is 6. The van der Waals surface area contributed by atoms with Crippen molar-refractivity contribution < 1.29 is 4.92 Å². The Kier molecular flexibility index (Phi) is 6.36. The fourth-order valence-corrected chi connectivity index (χ4v) is 3.17. The molecule has 0 bridgehead atoms. The van der Waals surface area contributed by atoms with Crippen molar-refractivity contribution in [3.05, 3.63) is 64.2 Å². The van der Waals surface area contributed by atoms with Gasteiger partial charge in [0.25, 0.3) is 5.69 Å². The zero-order valence-electron chi connectivity index (χ0n) is 15.7. The van der Waals surface area contributed by atoms with Gasteiger partial charge < -0.3 is 4.90 Å². The monoisotopic (exact) mass is 389 g/mol. The van der Waals surface area contributed by atoms with Gasteiger partial charge in [-0.3, -0.25) is 20.4 Å². The number of piperazine rings is 1. The van der Waals surface area contributed by atoms with Gasteiger partial charge in [0.15, 0.2) is 0 Å². The minimum atomic E-state index is -0.530. The molecule has 1 heterocycles. The van der Waals surface area contributed by atoms with E-state index in [1.807, 2.05) is 18.2 Å². The maximum Gasteiger partial charge on any atom is 0.294 e. The Morgan fingerprint density at radius 1 is 1.10 bits per heavy atom. The van der Waals surface area contributed by atoms with Gasteiger partial charge in [0, 0.05) is 44.5 Å². The third-order valence-corrected chi connectivity index (χ3v) is 4.66. The van der Waals surface area contributed by atoms with Crippen molar-refractivity contribution in [3.63, 3.8) is 0 Å². The van der Waals surface area contributed by atoms with Crippen molar-refractivity contribution in [2.45, 2.75) is 6.54 Å². The van der Waals surface area contributed by atoms with E-state index in [2.05, 4.69) is 32.5 Å². The summed E-state index contributed by atoms with van der Waals surface area (Å²) < 4.78 is 0. The van der Waals surface area contributed by atoms with Crippen LogP contribution < -0.4 is 10.3 Å². The number of hydrogen-bond donors (Lipinski definition) is 1. The van der Waals surface area contributed by atoms with Gasteiger partial charge in [-0.05, 0) is 17.7 Å². The van der Waals surface area contributed by atoms with Crippen LogP contribution in [0.4, 0.5) is 17.1 Å². The number of hydrazone groups is 1. The number of benzene rings is 2. The van der Waals surface area contributed by atoms with Crippen LogP contribution in [0.25, 0.3) is 0 Å². The first-order chi connectivity index (χ1) is 14.1. The second kappa shape index (κ2) is 9.31. The predicted octanol–water partition coefficient (Wildman–Crippen LogP) is 2.73. The quantitative estimate of drug-likeness (QED) is 0.458. The summed E-state index contributed by atoms with van der Waals surface area (Å²) in [5, 5.41) is 32.5. The zero-order valence-corrected chi connectivity index (χ0v) is 15.7. The summed E-state index contributed by atoms with van der Waals surface area (Å²) in [6, 6.07) is 18.2. The number of rotatable bonds is 6. The maximum absolute atomic E-state index is 11.3. The van der Waals surface area contributed by atoms with E-state index in [1.54, 1.807) is 24.3 Å². The van der Waals surface area contributed by atoms with Crippen molar-refractivity contribution in [2.75, 3.05) is 36.5 Å². The first-order valence-electron chi connectivity index (χ1n) is 9.04. The highest BCUT2D eigenvalue weighted by molar-refractivity contribution is 6.10. The van der Waals surface area contributed by atoms with Crippen LogP contribution in [0.1, 0.15) is 5.56 Å². The summed E-state index contributed by atoms with van der Waals surface area (Å²) in [7, 11) is 0. The smallest absolute Gasteiger partial charge is 0.294 e. The van der Waals surface area contributed by atoms with E-state index in [1.165, 1.54) is 11.6 Å². The maximum atomic E-state index is 11.3. The number of anilines is 2. The largest absolute Gasteiger partial charge is 0.369 e. The summed E-state index contributed by atoms with van der Waals surface area (Å²) in [4.78, 5) is 15.3. The summed E-state index contributed by atoms with van der Waals surface area (Å²) in [6.45, 7) is 4.21. The molecule has 1 aliphatic rings. The lowest BCUT2D eigenvalue weighted by Gasteiger charge is -2.36. The summed E-state index contributed by atoms with van der Waals surface area (Å²) in [5.41, 5.74) is 4.14. The second-order valence-corrected chi connectivity index (χ2v) is 6.50. The fourth-order valence-electron chi connectivity index (χ4n) is 3.17. The topological polar surface area (TPSA) is 122 Å². The fraction of sp³-hybridized carbons (Fsp3) is 0.250. The Morgan fingerprint density at radius 3 is 2.41 bits per heavy atom. The van der Waals surface area contributed by atoms with Crippen molar-refractivity contribution >= 4 is 22.8 Å². The molecule has 2 aromatic carbocycles. The van der Waals surface area contributed by atoms with E-state index in [9.17, 15) is 10.1 Å². The van der Waals surface area contributed by atoms with Crippen LogP contribution >= 0.6 is 0 Å². The number of nitrogens with one attached hydrogen (secondary N) is 1. The molecule has 0 spiro atoms. The van der Waals surface area contributed by atoms with Crippen molar-refractivity contribution in [1.82, 2.24) is 4.90 Å². The molecule has 0 unspecified atom stereocenters. The molecular formula is C20H19N7O2. The van der Waals surface area contributed by atoms with Crippen LogP contribution in [-0.4, -0.2) is 41.7 Å². The molecule has 3 rings (SSSR count). The van der Waals surface area contributed by atoms with E-state index in [4.69, 9.17) is 10.5 Å². The van der Waals surface area contributed by atoms with Crippen molar-refractivity contribution in [3.8, 4) is 12.1 Å². The van der Waals surface area contributed by atoms with Gasteiger partial charge >= 0.3 is 0 Å². The van der Waals surface area contributed by atoms with Crippen LogP contribution in [-0.2, 0) is 6.54 Å². The SMILES string of the molecule is N#CC(C#N)=NNc1cc(N2CCN(Cc3ccccc3)CC2)ccc1[N+](=O)[O-]. The molecule has 0 amide bonds. The molecule has 0 radical (unpaired) electrons. The molecule has 1 aliphatic heterocycles. The first-order valence-corrected chi connectivity index (χ1v) is 9.04. The Labute approximate surface area is 168 Å². The Bertz CT molecular complexity index is 968. The molecule has 1 saturated heterocycles. The highest BCUT2D eigenvalue weighted by atomic mass is 16.6. The summed E-state index contributed by atoms with van der Waals surface area (Å²) in [5.74, 6) is 0. The summed E-state index contributed by atoms with van der Waals surface area (Å²) in [6.07, 6.45) is 0. The molecule has 0 saturated carbocycles. The molecule has 0 atom stereocenters. The third-order valence-electron chi connectivity index (χ3n) is 4.66. The van der Waals surface area contributed by atoms with Crippen molar-refractivity contribution in [1.29, 1.82) is 10.5 Å². The number of nitriles is 2. The zero-order chi connectivity index (χ0) is 20.6. The second-order valence-electron chi connectivity index (χ2n) is 6.50. The van der Waals surface area contributed by atoms with E-state index < -0.39 is 10.6 Å². The Morgan fingerprint density at radius 2 is 1.79 bits per heavy atom. The number of nitro benzene ring substituents is 1. The molecule has 29 heavy (non-hydrogen) atoms. The molecule has 0 aromatic heterocycles. The molecule has 2 aromatic rings. The Hall–Kier alpha value is -3.95. The predicted molar refractivity (Wildman–Crippen MR) is 109 cm³/mol. The molecule has 1 N–H and O–H groups in total. The first kappa shape index (κ1) is 19.8. The van der Waals surface area contributed by atoms with Crippen LogP contribution in [0.2, 0.25) is 0 Å². The van der Waals surface area contributed by atoms with E-state index in [0.717, 1.165) is 38.4 Å². The van der Waals surface area contributed by atoms with Crippen LogP contribution in [0, 0.1) is 32.8 Å². The molecule has 9 heteroatoms. The van der Waals surface area contributed by atoms with Gasteiger partial charge in [-0.15, -0.1) is 0 Å². The van der Waals surface area contributed by atoms with Gasteiger partial charge in [0.2, 0.25) is 5.71 Å². The van der Waals surface area contributed by atoms with Gasteiger partial charge in [-0.25, -0.2) is 0 Å². The lowest BCUT2D eigenvalue weighted by molar-refractivity contribution is -0.383. The minimum absolute atomic E-state index is 0.141. The number of hydrogen-bond acceptors (Lipinski definition) is 8. The third kappa shape index (κ3) is 5.06. The average molecular weight is 389 g/mol. The normalized spacial score (nSPS) is 13.8. The standard InChI is InChI=1S/C20H19N7O2/c21-13-17(14-22)23-24-19-12-18(6-7-20(19)27(28)29)26-10-8-25(9-11-26)15-16-4-2-1-3-5-16/h1-7,12,24H,8-11,15H2. The molecule has 9 nitrogen and oxygen atoms in total. The van der Waals surface area contributed by atoms with Crippen LogP contribution in [0.5, 0.6) is 0 Å². The molecular weight excluding hydrogens is 370 g/mol. The Balaban J connectivity index is 1.70. The average Bonchev–Trinajstić information content (AvgIpc) is 2.75. The van der Waals surface area contributed by atoms with Crippen molar-refractivity contribution in [2.24, 2.45) is 5.10 Å². The van der Waals surface area contributed by atoms with Gasteiger partial charge in [-0.1, -0.05) is 30.3 Å². The molecule has 1 fully saturated rings. The molecule has 0 aliphatic carbocycles. The minimum Gasteiger partial charge on any atom is -0.369 e. The highest BCUT2D eigenvalue weighted by Gasteiger charge is 2.20. The highest BCUT2D eigenvalue weighted by Crippen LogP contribution is 2.30. The van der Waals surface area contributed by atoms with Gasteiger partial charge in [0.05, 0.1) is 4.92 Å². The van der Waals surface area contributed by atoms with Crippen LogP contribution in [0.15, 0.2) is 53.6 Å². The summed E-state index contributed by atoms with van der Waals surface area (Å²) >= 11 is 0.